The molecule has 0 amide bonds. The van der Waals surface area contributed by atoms with Gasteiger partial charge in [0.2, 0.25) is 0 Å². The largest absolute Gasteiger partial charge is 0.481 e. The van der Waals surface area contributed by atoms with Crippen LogP contribution in [-0.4, -0.2) is 31.9 Å². The lowest BCUT2D eigenvalue weighted by molar-refractivity contribution is -0.151. The van der Waals surface area contributed by atoms with Crippen molar-refractivity contribution in [1.82, 2.24) is 9.78 Å². The van der Waals surface area contributed by atoms with Crippen LogP contribution in [-0.2, 0) is 10.3 Å². The molecule has 2 atom stereocenters. The minimum absolute atomic E-state index is 0.0104. The molecule has 4 fully saturated rings. The monoisotopic (exact) mass is 457 g/mol. The number of carboxylic acid groups (broad SMARTS) is 2. The molecule has 1 heterocycles. The third kappa shape index (κ3) is 3.46. The smallest absolute Gasteiger partial charge is 0.335 e. The number of carboxylic acids is 2. The number of hydrogen-bond donors (Lipinski definition) is 3. The lowest BCUT2D eigenvalue weighted by atomic mass is 9.46. The van der Waals surface area contributed by atoms with Gasteiger partial charge in [0.05, 0.1) is 29.4 Å². The maximum Gasteiger partial charge on any atom is 0.335 e. The fourth-order valence-electron chi connectivity index (χ4n) is 6.92. The van der Waals surface area contributed by atoms with Gasteiger partial charge in [-0.25, -0.2) is 9.48 Å². The van der Waals surface area contributed by atoms with E-state index in [2.05, 4.69) is 10.4 Å². The Morgan fingerprint density at radius 1 is 1.19 bits per heavy atom. The highest BCUT2D eigenvalue weighted by molar-refractivity contribution is 6.33. The van der Waals surface area contributed by atoms with Crippen LogP contribution < -0.4 is 10.9 Å². The molecule has 6 rings (SSSR count). The van der Waals surface area contributed by atoms with E-state index in [0.717, 1.165) is 32.1 Å². The van der Waals surface area contributed by atoms with Crippen LogP contribution in [0.2, 0.25) is 5.02 Å². The Balaban J connectivity index is 1.48. The van der Waals surface area contributed by atoms with Crippen molar-refractivity contribution in [3.05, 3.63) is 51.4 Å². The van der Waals surface area contributed by atoms with E-state index in [1.807, 2.05) is 0 Å². The van der Waals surface area contributed by atoms with Crippen LogP contribution in [0.1, 0.15) is 55.3 Å². The lowest BCUT2D eigenvalue weighted by Crippen LogP contribution is -2.59. The van der Waals surface area contributed by atoms with Gasteiger partial charge in [0.1, 0.15) is 5.02 Å². The highest BCUT2D eigenvalue weighted by atomic mass is 35.5. The number of aromatic carboxylic acids is 1. The van der Waals surface area contributed by atoms with Crippen molar-refractivity contribution < 1.29 is 19.8 Å². The van der Waals surface area contributed by atoms with Gasteiger partial charge in [0.15, 0.2) is 0 Å². The number of aliphatic carboxylic acids is 1. The summed E-state index contributed by atoms with van der Waals surface area (Å²) in [5.74, 6) is -1.03. The molecule has 0 unspecified atom stereocenters. The molecule has 4 saturated carbocycles. The molecule has 32 heavy (non-hydrogen) atoms. The fraction of sp³-hybridized carbons (Fsp3) is 0.478. The Bertz CT molecular complexity index is 1160. The predicted molar refractivity (Wildman–Crippen MR) is 118 cm³/mol. The number of hydrogen-bond acceptors (Lipinski definition) is 5. The average molecular weight is 458 g/mol. The molecule has 9 heteroatoms. The van der Waals surface area contributed by atoms with E-state index in [1.165, 1.54) is 23.0 Å². The Morgan fingerprint density at radius 2 is 1.91 bits per heavy atom. The van der Waals surface area contributed by atoms with Crippen LogP contribution in [0.15, 0.2) is 35.3 Å². The first-order chi connectivity index (χ1) is 15.2. The first-order valence-corrected chi connectivity index (χ1v) is 11.2. The highest BCUT2D eigenvalue weighted by Crippen LogP contribution is 2.65. The molecule has 0 saturated heterocycles. The minimum atomic E-state index is -1.05. The molecule has 168 valence electrons. The van der Waals surface area contributed by atoms with E-state index in [9.17, 15) is 24.6 Å². The molecule has 8 nitrogen and oxygen atoms in total. The molecular formula is C23H24ClN3O5. The van der Waals surface area contributed by atoms with Gasteiger partial charge in [-0.15, -0.1) is 0 Å². The topological polar surface area (TPSA) is 122 Å². The standard InChI is InChI=1S/C23H24ClN3O5/c24-19-17(26-16-3-1-2-15(5-16)21(31)32)11-25-27(20(19)30)23-8-13-4-14(9-23)7-22(6-13,12-23)10-18(28)29/h1-3,5,11,13-14,26H,4,6-10,12H2,(H,28,29)(H,31,32)/t13-,14-,22?,23?/m1/s1. The quantitative estimate of drug-likeness (QED) is 0.596. The van der Waals surface area contributed by atoms with E-state index < -0.39 is 23.0 Å². The molecule has 1 aromatic heterocycles. The van der Waals surface area contributed by atoms with Gasteiger partial charge in [-0.05, 0) is 74.0 Å². The van der Waals surface area contributed by atoms with Crippen molar-refractivity contribution in [1.29, 1.82) is 0 Å². The zero-order chi connectivity index (χ0) is 22.7. The first kappa shape index (κ1) is 21.0. The maximum atomic E-state index is 13.3. The second kappa shape index (κ2) is 7.33. The molecule has 2 aromatic rings. The van der Waals surface area contributed by atoms with Crippen LogP contribution in [0, 0.1) is 17.3 Å². The van der Waals surface area contributed by atoms with Crippen molar-refractivity contribution in [2.75, 3.05) is 5.32 Å². The summed E-state index contributed by atoms with van der Waals surface area (Å²) in [5, 5.41) is 26.2. The van der Waals surface area contributed by atoms with Crippen LogP contribution in [0.4, 0.5) is 11.4 Å². The van der Waals surface area contributed by atoms with Gasteiger partial charge < -0.3 is 15.5 Å². The lowest BCUT2D eigenvalue weighted by Gasteiger charge is -2.61. The van der Waals surface area contributed by atoms with Gasteiger partial charge >= 0.3 is 11.9 Å². The summed E-state index contributed by atoms with van der Waals surface area (Å²) >= 11 is 6.46. The molecule has 0 spiro atoms. The highest BCUT2D eigenvalue weighted by Gasteiger charge is 2.59. The van der Waals surface area contributed by atoms with Crippen molar-refractivity contribution >= 4 is 34.9 Å². The fourth-order valence-corrected chi connectivity index (χ4v) is 7.10. The normalized spacial score (nSPS) is 30.3. The summed E-state index contributed by atoms with van der Waals surface area (Å²) in [7, 11) is 0. The number of rotatable bonds is 6. The maximum absolute atomic E-state index is 13.3. The molecule has 3 N–H and O–H groups in total. The van der Waals surface area contributed by atoms with E-state index >= 15 is 0 Å². The number of nitrogens with one attached hydrogen (secondary N) is 1. The summed E-state index contributed by atoms with van der Waals surface area (Å²) in [6, 6.07) is 6.22. The van der Waals surface area contributed by atoms with Crippen molar-refractivity contribution in [3.63, 3.8) is 0 Å². The molecule has 0 aliphatic heterocycles. The molecule has 1 aromatic carbocycles. The molecular weight excluding hydrogens is 434 g/mol. The Kier molecular flexibility index (Phi) is 4.81. The summed E-state index contributed by atoms with van der Waals surface area (Å²) in [4.78, 5) is 36.1. The van der Waals surface area contributed by atoms with Gasteiger partial charge in [0.25, 0.3) is 5.56 Å². The van der Waals surface area contributed by atoms with Crippen LogP contribution in [0.3, 0.4) is 0 Å². The number of nitrogens with zero attached hydrogens (tertiary/aromatic N) is 2. The summed E-state index contributed by atoms with van der Waals surface area (Å²) in [5.41, 5.74) is -0.274. The SMILES string of the molecule is O=C(O)CC12C[C@H]3C[C@H](C1)CC(n1ncc(Nc4cccc(C(=O)O)c4)c(Cl)c1=O)(C3)C2. The van der Waals surface area contributed by atoms with Crippen molar-refractivity contribution in [2.24, 2.45) is 17.3 Å². The number of aromatic nitrogens is 2. The molecule has 4 bridgehead atoms. The van der Waals surface area contributed by atoms with Crippen LogP contribution in [0.25, 0.3) is 0 Å². The molecule has 0 radical (unpaired) electrons. The van der Waals surface area contributed by atoms with Gasteiger partial charge in [-0.3, -0.25) is 9.59 Å². The predicted octanol–water partition coefficient (Wildman–Crippen LogP) is 4.11. The number of halogens is 1. The molecule has 4 aliphatic rings. The van der Waals surface area contributed by atoms with Crippen molar-refractivity contribution in [3.8, 4) is 0 Å². The number of carbonyl (C=O) groups is 2. The third-order valence-corrected chi connectivity index (χ3v) is 7.80. The van der Waals surface area contributed by atoms with E-state index in [4.69, 9.17) is 11.6 Å². The minimum Gasteiger partial charge on any atom is -0.481 e. The van der Waals surface area contributed by atoms with Crippen LogP contribution >= 0.6 is 11.6 Å². The summed E-state index contributed by atoms with van der Waals surface area (Å²) < 4.78 is 1.50. The van der Waals surface area contributed by atoms with Crippen LogP contribution in [0.5, 0.6) is 0 Å². The third-order valence-electron chi connectivity index (χ3n) is 7.43. The van der Waals surface area contributed by atoms with Gasteiger partial charge in [-0.1, -0.05) is 17.7 Å². The van der Waals surface area contributed by atoms with Crippen molar-refractivity contribution in [2.45, 2.75) is 50.5 Å². The van der Waals surface area contributed by atoms with E-state index in [-0.39, 0.29) is 22.4 Å². The Labute approximate surface area is 189 Å². The second-order valence-electron chi connectivity index (χ2n) is 9.86. The zero-order valence-electron chi connectivity index (χ0n) is 17.4. The first-order valence-electron chi connectivity index (χ1n) is 10.8. The van der Waals surface area contributed by atoms with Gasteiger partial charge in [-0.2, -0.15) is 5.10 Å². The average Bonchev–Trinajstić information content (AvgIpc) is 2.69. The number of benzene rings is 1. The Morgan fingerprint density at radius 3 is 2.56 bits per heavy atom. The second-order valence-corrected chi connectivity index (χ2v) is 10.2. The summed E-state index contributed by atoms with van der Waals surface area (Å²) in [6.45, 7) is 0. The number of anilines is 2. The van der Waals surface area contributed by atoms with E-state index in [1.54, 1.807) is 12.1 Å². The van der Waals surface area contributed by atoms with Gasteiger partial charge in [0, 0.05) is 5.69 Å². The molecule has 4 aliphatic carbocycles. The van der Waals surface area contributed by atoms with E-state index in [0.29, 0.717) is 29.6 Å². The Hall–Kier alpha value is -2.87. The zero-order valence-corrected chi connectivity index (χ0v) is 18.1. The summed E-state index contributed by atoms with van der Waals surface area (Å²) in [6.07, 6.45) is 6.80.